The maximum atomic E-state index is 12.2. The number of methoxy groups -OCH3 is 1. The third kappa shape index (κ3) is 4.54. The number of phenolic OH excluding ortho intramolecular Hbond substituents is 1. The molecule has 2 aromatic carbocycles. The Morgan fingerprint density at radius 1 is 1.32 bits per heavy atom. The summed E-state index contributed by atoms with van der Waals surface area (Å²) in [4.78, 5) is 22.4. The molecule has 0 aliphatic rings. The topological polar surface area (TPSA) is 114 Å². The lowest BCUT2D eigenvalue weighted by atomic mass is 10.1. The maximum absolute atomic E-state index is 12.2. The number of nitrogens with one attached hydrogen (secondary N) is 1. The molecular weight excluding hydrogens is 462 g/mol. The highest BCUT2D eigenvalue weighted by molar-refractivity contribution is 9.11. The molecule has 130 valence electrons. The minimum atomic E-state index is -0.659. The molecule has 0 aromatic heterocycles. The molecule has 2 aromatic rings. The number of benzene rings is 2. The van der Waals surface area contributed by atoms with Crippen LogP contribution in [-0.4, -0.2) is 29.3 Å². The molecule has 0 unspecified atom stereocenters. The number of amides is 1. The highest BCUT2D eigenvalue weighted by Gasteiger charge is 2.17. The summed E-state index contributed by atoms with van der Waals surface area (Å²) in [6, 6.07) is 6.89. The number of non-ortho nitro benzene ring substituents is 1. The van der Waals surface area contributed by atoms with Gasteiger partial charge in [-0.3, -0.25) is 14.9 Å². The van der Waals surface area contributed by atoms with Crippen LogP contribution in [0.2, 0.25) is 0 Å². The van der Waals surface area contributed by atoms with Gasteiger partial charge in [-0.05, 0) is 55.6 Å². The first-order valence-electron chi connectivity index (χ1n) is 6.67. The molecule has 0 atom stereocenters. The zero-order valence-corrected chi connectivity index (χ0v) is 15.9. The third-order valence-corrected chi connectivity index (χ3v) is 4.27. The second-order valence-corrected chi connectivity index (χ2v) is 6.38. The van der Waals surface area contributed by atoms with Crippen molar-refractivity contribution < 1.29 is 19.6 Å². The maximum Gasteiger partial charge on any atom is 0.275 e. The van der Waals surface area contributed by atoms with Crippen molar-refractivity contribution in [3.05, 3.63) is 60.5 Å². The van der Waals surface area contributed by atoms with Crippen LogP contribution in [0.25, 0.3) is 0 Å². The van der Waals surface area contributed by atoms with E-state index in [9.17, 15) is 20.0 Å². The zero-order chi connectivity index (χ0) is 18.6. The normalized spacial score (nSPS) is 10.7. The van der Waals surface area contributed by atoms with Gasteiger partial charge in [0, 0.05) is 12.1 Å². The fraction of sp³-hybridized carbons (Fsp3) is 0.0667. The number of rotatable bonds is 5. The summed E-state index contributed by atoms with van der Waals surface area (Å²) in [5, 5.41) is 24.3. The number of hydrogen-bond donors (Lipinski definition) is 2. The number of hydrogen-bond acceptors (Lipinski definition) is 6. The summed E-state index contributed by atoms with van der Waals surface area (Å²) in [5.74, 6) is -0.426. The van der Waals surface area contributed by atoms with Gasteiger partial charge in [0.2, 0.25) is 0 Å². The Kier molecular flexibility index (Phi) is 6.10. The van der Waals surface area contributed by atoms with Gasteiger partial charge in [0.1, 0.15) is 11.5 Å². The molecule has 2 N–H and O–H groups in total. The minimum Gasteiger partial charge on any atom is -0.506 e. The van der Waals surface area contributed by atoms with Gasteiger partial charge in [0.15, 0.2) is 0 Å². The Hall–Kier alpha value is -2.46. The van der Waals surface area contributed by atoms with E-state index in [1.54, 1.807) is 12.1 Å². The summed E-state index contributed by atoms with van der Waals surface area (Å²) < 4.78 is 5.94. The van der Waals surface area contributed by atoms with Crippen LogP contribution in [0.3, 0.4) is 0 Å². The van der Waals surface area contributed by atoms with Crippen molar-refractivity contribution in [3.8, 4) is 11.5 Å². The quantitative estimate of drug-likeness (QED) is 0.392. The Morgan fingerprint density at radius 3 is 2.52 bits per heavy atom. The summed E-state index contributed by atoms with van der Waals surface area (Å²) >= 11 is 6.37. The first-order valence-corrected chi connectivity index (χ1v) is 8.26. The molecule has 0 radical (unpaired) electrons. The van der Waals surface area contributed by atoms with E-state index >= 15 is 0 Å². The lowest BCUT2D eigenvalue weighted by Crippen LogP contribution is -2.18. The molecule has 0 bridgehead atoms. The molecule has 0 aliphatic heterocycles. The summed E-state index contributed by atoms with van der Waals surface area (Å²) in [6.45, 7) is 0. The Bertz CT molecular complexity index is 847. The Labute approximate surface area is 158 Å². The predicted molar refractivity (Wildman–Crippen MR) is 98.2 cm³/mol. The molecule has 1 amide bonds. The monoisotopic (exact) mass is 471 g/mol. The van der Waals surface area contributed by atoms with Crippen molar-refractivity contribution in [2.45, 2.75) is 0 Å². The predicted octanol–water partition coefficient (Wildman–Crippen LogP) is 3.60. The highest BCUT2D eigenvalue weighted by atomic mass is 79.9. The summed E-state index contributed by atoms with van der Waals surface area (Å²) in [6.07, 6.45) is 1.36. The van der Waals surface area contributed by atoms with Crippen molar-refractivity contribution in [2.75, 3.05) is 7.11 Å². The van der Waals surface area contributed by atoms with Crippen molar-refractivity contribution in [1.82, 2.24) is 5.43 Å². The Balaban J connectivity index is 2.20. The lowest BCUT2D eigenvalue weighted by molar-refractivity contribution is -0.384. The molecule has 0 saturated carbocycles. The number of carbonyl (C=O) groups is 1. The molecule has 2 rings (SSSR count). The zero-order valence-electron chi connectivity index (χ0n) is 12.7. The standard InChI is InChI=1S/C15H11Br2N3O5/c1-25-13-3-2-9(20(23)24)6-10(13)15(22)19-18-7-8-4-11(16)14(21)12(17)5-8/h2-7,21H,1H3,(H,19,22)/b18-7+. The number of halogens is 2. The number of ether oxygens (including phenoxy) is 1. The van der Waals surface area contributed by atoms with E-state index in [-0.39, 0.29) is 22.7 Å². The average molecular weight is 473 g/mol. The largest absolute Gasteiger partial charge is 0.506 e. The molecule has 0 saturated heterocycles. The number of hydrazone groups is 1. The van der Waals surface area contributed by atoms with E-state index in [4.69, 9.17) is 4.74 Å². The fourth-order valence-electron chi connectivity index (χ4n) is 1.87. The van der Waals surface area contributed by atoms with E-state index in [0.717, 1.165) is 6.07 Å². The summed E-state index contributed by atoms with van der Waals surface area (Å²) in [5.41, 5.74) is 2.63. The van der Waals surface area contributed by atoms with Crippen LogP contribution in [-0.2, 0) is 0 Å². The van der Waals surface area contributed by atoms with E-state index in [2.05, 4.69) is 42.4 Å². The molecule has 0 heterocycles. The molecule has 8 nitrogen and oxygen atoms in total. The SMILES string of the molecule is COc1ccc([N+](=O)[O-])cc1C(=O)N/N=C/c1cc(Br)c(O)c(Br)c1. The molecule has 0 fully saturated rings. The van der Waals surface area contributed by atoms with Gasteiger partial charge in [-0.15, -0.1) is 0 Å². The van der Waals surface area contributed by atoms with Gasteiger partial charge >= 0.3 is 0 Å². The first kappa shape index (κ1) is 18.9. The molecule has 25 heavy (non-hydrogen) atoms. The molecule has 0 spiro atoms. The van der Waals surface area contributed by atoms with Crippen molar-refractivity contribution >= 4 is 49.7 Å². The van der Waals surface area contributed by atoms with Crippen molar-refractivity contribution in [1.29, 1.82) is 0 Å². The minimum absolute atomic E-state index is 0.0121. The number of carbonyl (C=O) groups excluding carboxylic acids is 1. The number of aromatic hydroxyl groups is 1. The van der Waals surface area contributed by atoms with Gasteiger partial charge in [-0.25, -0.2) is 5.43 Å². The number of nitro benzene ring substituents is 1. The van der Waals surface area contributed by atoms with Gasteiger partial charge < -0.3 is 9.84 Å². The highest BCUT2D eigenvalue weighted by Crippen LogP contribution is 2.32. The van der Waals surface area contributed by atoms with Crippen molar-refractivity contribution in [2.24, 2.45) is 5.10 Å². The van der Waals surface area contributed by atoms with E-state index in [1.165, 1.54) is 25.5 Å². The fourth-order valence-corrected chi connectivity index (χ4v) is 3.09. The van der Waals surface area contributed by atoms with Crippen LogP contribution in [0.15, 0.2) is 44.4 Å². The van der Waals surface area contributed by atoms with Crippen LogP contribution in [0.1, 0.15) is 15.9 Å². The number of phenols is 1. The van der Waals surface area contributed by atoms with Crippen LogP contribution < -0.4 is 10.2 Å². The second kappa shape index (κ2) is 8.08. The van der Waals surface area contributed by atoms with Crippen molar-refractivity contribution in [3.63, 3.8) is 0 Å². The third-order valence-electron chi connectivity index (χ3n) is 3.06. The lowest BCUT2D eigenvalue weighted by Gasteiger charge is -2.06. The van der Waals surface area contributed by atoms with Gasteiger partial charge in [-0.1, -0.05) is 0 Å². The van der Waals surface area contributed by atoms with Crippen LogP contribution in [0.5, 0.6) is 11.5 Å². The Morgan fingerprint density at radius 2 is 1.96 bits per heavy atom. The summed E-state index contributed by atoms with van der Waals surface area (Å²) in [7, 11) is 1.35. The number of nitro groups is 1. The van der Waals surface area contributed by atoms with Gasteiger partial charge in [0.25, 0.3) is 11.6 Å². The van der Waals surface area contributed by atoms with Gasteiger partial charge in [-0.2, -0.15) is 5.10 Å². The molecule has 10 heteroatoms. The molecule has 0 aliphatic carbocycles. The van der Waals surface area contributed by atoms with Gasteiger partial charge in [0.05, 0.1) is 32.8 Å². The van der Waals surface area contributed by atoms with Crippen LogP contribution in [0.4, 0.5) is 5.69 Å². The van der Waals surface area contributed by atoms with Crippen LogP contribution >= 0.6 is 31.9 Å². The smallest absolute Gasteiger partial charge is 0.275 e. The van der Waals surface area contributed by atoms with Crippen LogP contribution in [0, 0.1) is 10.1 Å². The first-order chi connectivity index (χ1) is 11.8. The van der Waals surface area contributed by atoms with E-state index in [1.807, 2.05) is 0 Å². The van der Waals surface area contributed by atoms with E-state index < -0.39 is 10.8 Å². The van der Waals surface area contributed by atoms with E-state index in [0.29, 0.717) is 14.5 Å². The molecular formula is C15H11Br2N3O5. The second-order valence-electron chi connectivity index (χ2n) is 4.67. The average Bonchev–Trinajstić information content (AvgIpc) is 2.58. The number of nitrogens with zero attached hydrogens (tertiary/aromatic N) is 2.